The summed E-state index contributed by atoms with van der Waals surface area (Å²) in [6, 6.07) is -0.0995. The summed E-state index contributed by atoms with van der Waals surface area (Å²) in [5.41, 5.74) is 0. The second kappa shape index (κ2) is 2.08. The van der Waals surface area contributed by atoms with Crippen molar-refractivity contribution in [2.24, 2.45) is 4.99 Å². The molecule has 0 bridgehead atoms. The van der Waals surface area contributed by atoms with E-state index in [9.17, 15) is 0 Å². The van der Waals surface area contributed by atoms with E-state index in [4.69, 9.17) is 15.3 Å². The molecule has 0 aromatic rings. The summed E-state index contributed by atoms with van der Waals surface area (Å²) >= 11 is 0. The highest BCUT2D eigenvalue weighted by molar-refractivity contribution is 5.76. The third-order valence-corrected chi connectivity index (χ3v) is 1.08. The first-order chi connectivity index (χ1) is 4.56. The van der Waals surface area contributed by atoms with Crippen LogP contribution in [0.3, 0.4) is 0 Å². The number of nitrogens with zero attached hydrogens (tertiary/aromatic N) is 1. The van der Waals surface area contributed by atoms with Crippen LogP contribution in [0.25, 0.3) is 0 Å². The molecule has 6 heteroatoms. The molecule has 1 unspecified atom stereocenters. The molecule has 0 fully saturated rings. The molecule has 6 nitrogen and oxygen atoms in total. The zero-order valence-corrected chi connectivity index (χ0v) is 5.27. The number of hydrogen-bond donors (Lipinski definition) is 4. The summed E-state index contributed by atoms with van der Waals surface area (Å²) in [7, 11) is 1.29. The normalized spacial score (nSPS) is 29.2. The quantitative estimate of drug-likeness (QED) is 0.286. The van der Waals surface area contributed by atoms with Crippen LogP contribution in [0.4, 0.5) is 0 Å². The average molecular weight is 148 g/mol. The van der Waals surface area contributed by atoms with E-state index in [-0.39, 0.29) is 6.02 Å². The molecule has 0 amide bonds. The van der Waals surface area contributed by atoms with Gasteiger partial charge < -0.3 is 20.1 Å². The van der Waals surface area contributed by atoms with E-state index in [0.717, 1.165) is 0 Å². The second-order valence-electron chi connectivity index (χ2n) is 1.86. The highest BCUT2D eigenvalue weighted by Crippen LogP contribution is 2.10. The molecule has 0 aliphatic carbocycles. The van der Waals surface area contributed by atoms with Crippen LogP contribution in [0.15, 0.2) is 4.99 Å². The van der Waals surface area contributed by atoms with Crippen LogP contribution in [0, 0.1) is 0 Å². The molecule has 0 saturated heterocycles. The van der Waals surface area contributed by atoms with Gasteiger partial charge in [0, 0.05) is 0 Å². The van der Waals surface area contributed by atoms with E-state index in [1.165, 1.54) is 7.11 Å². The van der Waals surface area contributed by atoms with Crippen LogP contribution in [-0.2, 0) is 4.74 Å². The summed E-state index contributed by atoms with van der Waals surface area (Å²) in [6.45, 7) is 0. The van der Waals surface area contributed by atoms with Gasteiger partial charge in [-0.25, -0.2) is 0 Å². The number of aliphatic hydroxyl groups is 3. The van der Waals surface area contributed by atoms with Gasteiger partial charge in [0.15, 0.2) is 0 Å². The van der Waals surface area contributed by atoms with Crippen LogP contribution >= 0.6 is 0 Å². The molecule has 0 radical (unpaired) electrons. The first kappa shape index (κ1) is 7.26. The van der Waals surface area contributed by atoms with E-state index >= 15 is 0 Å². The van der Waals surface area contributed by atoms with Crippen molar-refractivity contribution in [2.75, 3.05) is 7.11 Å². The number of hydrogen-bond acceptors (Lipinski definition) is 6. The molecule has 4 N–H and O–H groups in total. The minimum atomic E-state index is -2.40. The van der Waals surface area contributed by atoms with Gasteiger partial charge in [-0.3, -0.25) is 5.32 Å². The van der Waals surface area contributed by atoms with Crippen molar-refractivity contribution in [1.82, 2.24) is 5.32 Å². The fraction of sp³-hybridized carbons (Fsp3) is 0.750. The van der Waals surface area contributed by atoms with Crippen LogP contribution < -0.4 is 5.32 Å². The van der Waals surface area contributed by atoms with Crippen molar-refractivity contribution in [3.05, 3.63) is 0 Å². The Balaban J connectivity index is 2.66. The molecule has 1 aliphatic rings. The van der Waals surface area contributed by atoms with Gasteiger partial charge in [0.05, 0.1) is 7.11 Å². The van der Waals surface area contributed by atoms with Crippen molar-refractivity contribution >= 4 is 6.02 Å². The van der Waals surface area contributed by atoms with E-state index < -0.39 is 12.1 Å². The fourth-order valence-electron chi connectivity index (χ4n) is 0.559. The van der Waals surface area contributed by atoms with Crippen LogP contribution in [0.2, 0.25) is 0 Å². The SMILES string of the molecule is COC1=NC(O)C(O)(O)N1. The van der Waals surface area contributed by atoms with E-state index in [2.05, 4.69) is 9.73 Å². The molecule has 58 valence electrons. The maximum absolute atomic E-state index is 8.76. The Bertz CT molecular complexity index is 167. The van der Waals surface area contributed by atoms with Gasteiger partial charge in [0.2, 0.25) is 6.23 Å². The third kappa shape index (κ3) is 1.04. The summed E-state index contributed by atoms with van der Waals surface area (Å²) in [5.74, 6) is -2.40. The van der Waals surface area contributed by atoms with Gasteiger partial charge >= 0.3 is 0 Å². The largest absolute Gasteiger partial charge is 0.468 e. The van der Waals surface area contributed by atoms with E-state index in [1.54, 1.807) is 0 Å². The molecule has 1 atom stereocenters. The van der Waals surface area contributed by atoms with Crippen LogP contribution in [0.1, 0.15) is 0 Å². The number of nitrogens with one attached hydrogen (secondary N) is 1. The standard InChI is InChI=1S/C4H8N2O4/c1-10-3-5-2(7)4(8,9)6-3/h2,7-9H,1H3,(H,5,6). The highest BCUT2D eigenvalue weighted by atomic mass is 16.6. The lowest BCUT2D eigenvalue weighted by Gasteiger charge is -2.17. The Labute approximate surface area is 56.8 Å². The minimum absolute atomic E-state index is 0.0995. The van der Waals surface area contributed by atoms with E-state index in [1.807, 2.05) is 5.32 Å². The lowest BCUT2D eigenvalue weighted by Crippen LogP contribution is -2.50. The van der Waals surface area contributed by atoms with Gasteiger partial charge in [0.25, 0.3) is 11.9 Å². The van der Waals surface area contributed by atoms with Crippen molar-refractivity contribution in [2.45, 2.75) is 12.1 Å². The van der Waals surface area contributed by atoms with Gasteiger partial charge in [-0.15, -0.1) is 0 Å². The molecule has 0 aromatic heterocycles. The number of rotatable bonds is 0. The predicted molar refractivity (Wildman–Crippen MR) is 30.8 cm³/mol. The molecular weight excluding hydrogens is 140 g/mol. The average Bonchev–Trinajstić information content (AvgIpc) is 2.08. The number of aliphatic hydroxyl groups excluding tert-OH is 1. The fourth-order valence-corrected chi connectivity index (χ4v) is 0.559. The molecular formula is C4H8N2O4. The Morgan fingerprint density at radius 1 is 1.70 bits per heavy atom. The Morgan fingerprint density at radius 2 is 2.30 bits per heavy atom. The molecule has 10 heavy (non-hydrogen) atoms. The Morgan fingerprint density at radius 3 is 2.50 bits per heavy atom. The van der Waals surface area contributed by atoms with Crippen LogP contribution in [0.5, 0.6) is 0 Å². The summed E-state index contributed by atoms with van der Waals surface area (Å²) < 4.78 is 4.48. The maximum Gasteiger partial charge on any atom is 0.297 e. The van der Waals surface area contributed by atoms with Gasteiger partial charge in [0.1, 0.15) is 0 Å². The molecule has 1 heterocycles. The Hall–Kier alpha value is -0.850. The molecule has 0 aromatic carbocycles. The lowest BCUT2D eigenvalue weighted by atomic mass is 10.5. The lowest BCUT2D eigenvalue weighted by molar-refractivity contribution is -0.224. The van der Waals surface area contributed by atoms with E-state index in [0.29, 0.717) is 0 Å². The summed E-state index contributed by atoms with van der Waals surface area (Å²) in [6.07, 6.45) is -1.59. The molecule has 1 rings (SSSR count). The van der Waals surface area contributed by atoms with Crippen molar-refractivity contribution in [1.29, 1.82) is 0 Å². The van der Waals surface area contributed by atoms with Gasteiger partial charge in [-0.2, -0.15) is 4.99 Å². The van der Waals surface area contributed by atoms with Gasteiger partial charge in [-0.05, 0) is 0 Å². The predicted octanol–water partition coefficient (Wildman–Crippen LogP) is -2.45. The zero-order chi connectivity index (χ0) is 7.78. The molecule has 1 aliphatic heterocycles. The number of methoxy groups -OCH3 is 1. The monoisotopic (exact) mass is 148 g/mol. The number of ether oxygens (including phenoxy) is 1. The summed E-state index contributed by atoms with van der Waals surface area (Å²) in [5, 5.41) is 28.3. The third-order valence-electron chi connectivity index (χ3n) is 1.08. The number of amidine groups is 1. The maximum atomic E-state index is 8.76. The van der Waals surface area contributed by atoms with Crippen LogP contribution in [-0.4, -0.2) is 40.6 Å². The Kier molecular flexibility index (Phi) is 1.51. The molecule has 0 saturated carbocycles. The molecule has 0 spiro atoms. The first-order valence-corrected chi connectivity index (χ1v) is 2.59. The van der Waals surface area contributed by atoms with Crippen molar-refractivity contribution < 1.29 is 20.1 Å². The summed E-state index contributed by atoms with van der Waals surface area (Å²) in [4.78, 5) is 3.30. The highest BCUT2D eigenvalue weighted by Gasteiger charge is 2.40. The minimum Gasteiger partial charge on any atom is -0.468 e. The smallest absolute Gasteiger partial charge is 0.297 e. The first-order valence-electron chi connectivity index (χ1n) is 2.59. The number of aliphatic imine (C=N–C) groups is 1. The van der Waals surface area contributed by atoms with Crippen molar-refractivity contribution in [3.8, 4) is 0 Å². The van der Waals surface area contributed by atoms with Crippen molar-refractivity contribution in [3.63, 3.8) is 0 Å². The second-order valence-corrected chi connectivity index (χ2v) is 1.86. The van der Waals surface area contributed by atoms with Gasteiger partial charge in [-0.1, -0.05) is 0 Å². The zero-order valence-electron chi connectivity index (χ0n) is 5.27. The topological polar surface area (TPSA) is 94.3 Å².